The van der Waals surface area contributed by atoms with Crippen molar-refractivity contribution < 1.29 is 13.2 Å². The number of halogens is 3. The molecular formula is C7H7F3N4. The molecule has 1 rings (SSSR count). The summed E-state index contributed by atoms with van der Waals surface area (Å²) in [7, 11) is 0. The first-order chi connectivity index (χ1) is 6.32. The van der Waals surface area contributed by atoms with E-state index < -0.39 is 17.5 Å². The van der Waals surface area contributed by atoms with Crippen molar-refractivity contribution in [1.82, 2.24) is 9.78 Å². The summed E-state index contributed by atoms with van der Waals surface area (Å²) in [6.07, 6.45) is -4.79. The third kappa shape index (κ3) is 1.98. The minimum Gasteiger partial charge on any atom is -0.283 e. The minimum atomic E-state index is -4.79. The average Bonchev–Trinajstić information content (AvgIpc) is 2.06. The molecule has 4 nitrogen and oxygen atoms in total. The van der Waals surface area contributed by atoms with Crippen molar-refractivity contribution in [1.29, 1.82) is 10.8 Å². The molecule has 1 aromatic rings. The van der Waals surface area contributed by atoms with Crippen LogP contribution in [0, 0.1) is 17.7 Å². The molecule has 0 amide bonds. The third-order valence-electron chi connectivity index (χ3n) is 1.45. The van der Waals surface area contributed by atoms with Crippen LogP contribution in [-0.2, 0) is 0 Å². The van der Waals surface area contributed by atoms with Crippen molar-refractivity contribution >= 4 is 5.84 Å². The van der Waals surface area contributed by atoms with Gasteiger partial charge in [0.05, 0.1) is 5.69 Å². The van der Waals surface area contributed by atoms with Crippen LogP contribution in [0.4, 0.5) is 13.2 Å². The fourth-order valence-corrected chi connectivity index (χ4v) is 0.806. The molecule has 0 radical (unpaired) electrons. The summed E-state index contributed by atoms with van der Waals surface area (Å²) in [4.78, 5) is 0. The van der Waals surface area contributed by atoms with E-state index in [0.717, 1.165) is 6.07 Å². The van der Waals surface area contributed by atoms with E-state index in [1.165, 1.54) is 13.0 Å². The molecule has 0 unspecified atom stereocenters. The largest absolute Gasteiger partial charge is 0.451 e. The lowest BCUT2D eigenvalue weighted by Crippen LogP contribution is -2.38. The summed E-state index contributed by atoms with van der Waals surface area (Å²) in [5.41, 5.74) is -0.159. The van der Waals surface area contributed by atoms with Crippen molar-refractivity contribution in [2.75, 3.05) is 0 Å². The van der Waals surface area contributed by atoms with Crippen LogP contribution in [0.1, 0.15) is 5.69 Å². The van der Waals surface area contributed by atoms with Crippen molar-refractivity contribution in [3.05, 3.63) is 23.3 Å². The molecule has 2 N–H and O–H groups in total. The van der Waals surface area contributed by atoms with Crippen LogP contribution in [0.25, 0.3) is 0 Å². The number of aryl methyl sites for hydroxylation is 1. The summed E-state index contributed by atoms with van der Waals surface area (Å²) >= 11 is 0. The zero-order chi connectivity index (χ0) is 10.9. The summed E-state index contributed by atoms with van der Waals surface area (Å²) in [6.45, 7) is 1.49. The number of alkyl halides is 3. The highest BCUT2D eigenvalue weighted by molar-refractivity contribution is 5.85. The molecule has 7 heteroatoms. The number of aromatic nitrogens is 2. The zero-order valence-electron chi connectivity index (χ0n) is 7.18. The first kappa shape index (κ1) is 10.4. The van der Waals surface area contributed by atoms with Crippen LogP contribution >= 0.6 is 0 Å². The topological polar surface area (TPSA) is 65.5 Å². The maximum absolute atomic E-state index is 12.1. The average molecular weight is 204 g/mol. The molecule has 1 aromatic heterocycles. The fraction of sp³-hybridized carbons (Fsp3) is 0.286. The molecule has 0 fully saturated rings. The SMILES string of the molecule is Cc1ccc(=N)n(C(=N)C(F)(F)F)n1. The minimum absolute atomic E-state index is 0.245. The predicted molar refractivity (Wildman–Crippen MR) is 42.0 cm³/mol. The monoisotopic (exact) mass is 204 g/mol. The maximum Gasteiger partial charge on any atom is 0.451 e. The summed E-state index contributed by atoms with van der Waals surface area (Å²) in [5.74, 6) is -1.66. The van der Waals surface area contributed by atoms with Crippen LogP contribution in [0.5, 0.6) is 0 Å². The normalized spacial score (nSPS) is 11.4. The smallest absolute Gasteiger partial charge is 0.283 e. The third-order valence-corrected chi connectivity index (χ3v) is 1.45. The molecule has 0 spiro atoms. The number of nitrogens with zero attached hydrogens (tertiary/aromatic N) is 2. The number of hydrogen-bond acceptors (Lipinski definition) is 3. The van der Waals surface area contributed by atoms with Crippen LogP contribution in [0.3, 0.4) is 0 Å². The molecule has 0 atom stereocenters. The molecule has 0 aromatic carbocycles. The Morgan fingerprint density at radius 2 is 2.00 bits per heavy atom. The Kier molecular flexibility index (Phi) is 2.41. The van der Waals surface area contributed by atoms with Crippen molar-refractivity contribution in [2.45, 2.75) is 13.1 Å². The molecule has 0 aliphatic carbocycles. The van der Waals surface area contributed by atoms with Gasteiger partial charge < -0.3 is 0 Å². The lowest BCUT2D eigenvalue weighted by atomic mass is 10.4. The van der Waals surface area contributed by atoms with Gasteiger partial charge in [0.25, 0.3) is 0 Å². The Labute approximate surface area is 77.0 Å². The van der Waals surface area contributed by atoms with E-state index in [1.54, 1.807) is 0 Å². The molecule has 0 saturated carbocycles. The molecule has 1 heterocycles. The van der Waals surface area contributed by atoms with Gasteiger partial charge in [-0.3, -0.25) is 10.8 Å². The lowest BCUT2D eigenvalue weighted by molar-refractivity contribution is -0.0632. The van der Waals surface area contributed by atoms with Gasteiger partial charge in [-0.05, 0) is 19.1 Å². The lowest BCUT2D eigenvalue weighted by Gasteiger charge is -2.10. The summed E-state index contributed by atoms with van der Waals surface area (Å²) in [6, 6.07) is 2.56. The molecule has 76 valence electrons. The Morgan fingerprint density at radius 1 is 1.43 bits per heavy atom. The van der Waals surface area contributed by atoms with Gasteiger partial charge in [0.2, 0.25) is 5.84 Å². The van der Waals surface area contributed by atoms with Gasteiger partial charge in [-0.2, -0.15) is 23.0 Å². The first-order valence-electron chi connectivity index (χ1n) is 3.60. The van der Waals surface area contributed by atoms with Crippen molar-refractivity contribution in [3.8, 4) is 0 Å². The second-order valence-corrected chi connectivity index (χ2v) is 2.62. The number of nitrogens with one attached hydrogen (secondary N) is 2. The van der Waals surface area contributed by atoms with Crippen LogP contribution in [0.2, 0.25) is 0 Å². The number of hydrogen-bond donors (Lipinski definition) is 2. The second-order valence-electron chi connectivity index (χ2n) is 2.62. The van der Waals surface area contributed by atoms with E-state index >= 15 is 0 Å². The molecule has 14 heavy (non-hydrogen) atoms. The second kappa shape index (κ2) is 3.24. The number of rotatable bonds is 0. The quantitative estimate of drug-likeness (QED) is 0.481. The molecule has 0 bridgehead atoms. The van der Waals surface area contributed by atoms with Crippen molar-refractivity contribution in [3.63, 3.8) is 0 Å². The Hall–Kier alpha value is -1.66. The predicted octanol–water partition coefficient (Wildman–Crippen LogP) is 1.06. The standard InChI is InChI=1S/C7H7F3N4/c1-4-2-3-5(11)14(13-4)6(12)7(8,9)10/h2-3,11-12H,1H3. The molecule has 0 saturated heterocycles. The van der Waals surface area contributed by atoms with Gasteiger partial charge in [-0.1, -0.05) is 0 Å². The summed E-state index contributed by atoms with van der Waals surface area (Å²) in [5, 5.41) is 17.3. The van der Waals surface area contributed by atoms with Crippen molar-refractivity contribution in [2.24, 2.45) is 0 Å². The molecule has 0 aliphatic rings. The van der Waals surface area contributed by atoms with E-state index in [1.807, 2.05) is 0 Å². The highest BCUT2D eigenvalue weighted by Gasteiger charge is 2.36. The van der Waals surface area contributed by atoms with Gasteiger partial charge in [-0.25, -0.2) is 0 Å². The van der Waals surface area contributed by atoms with Gasteiger partial charge in [-0.15, -0.1) is 0 Å². The highest BCUT2D eigenvalue weighted by atomic mass is 19.4. The molecule has 0 aliphatic heterocycles. The maximum atomic E-state index is 12.1. The summed E-state index contributed by atoms with van der Waals surface area (Å²) < 4.78 is 36.5. The van der Waals surface area contributed by atoms with Crippen LogP contribution < -0.4 is 5.49 Å². The van der Waals surface area contributed by atoms with Gasteiger partial charge in [0.1, 0.15) is 5.49 Å². The first-order valence-corrected chi connectivity index (χ1v) is 3.60. The fourth-order valence-electron chi connectivity index (χ4n) is 0.806. The van der Waals surface area contributed by atoms with E-state index in [4.69, 9.17) is 10.8 Å². The Morgan fingerprint density at radius 3 is 2.50 bits per heavy atom. The van der Waals surface area contributed by atoms with E-state index in [2.05, 4.69) is 5.10 Å². The van der Waals surface area contributed by atoms with E-state index in [9.17, 15) is 13.2 Å². The zero-order valence-corrected chi connectivity index (χ0v) is 7.18. The Bertz CT molecular complexity index is 418. The van der Waals surface area contributed by atoms with Gasteiger partial charge in [0.15, 0.2) is 0 Å². The van der Waals surface area contributed by atoms with Crippen LogP contribution in [-0.4, -0.2) is 21.8 Å². The van der Waals surface area contributed by atoms with Gasteiger partial charge in [0, 0.05) is 0 Å². The highest BCUT2D eigenvalue weighted by Crippen LogP contribution is 2.15. The molecular weight excluding hydrogens is 197 g/mol. The van der Waals surface area contributed by atoms with E-state index in [-0.39, 0.29) is 4.68 Å². The Balaban J connectivity index is 3.27. The van der Waals surface area contributed by atoms with Crippen LogP contribution in [0.15, 0.2) is 12.1 Å². The van der Waals surface area contributed by atoms with E-state index in [0.29, 0.717) is 5.69 Å². The van der Waals surface area contributed by atoms with Gasteiger partial charge >= 0.3 is 6.18 Å².